The van der Waals surface area contributed by atoms with Gasteiger partial charge in [0.25, 0.3) is 0 Å². The van der Waals surface area contributed by atoms with E-state index >= 15 is 8.78 Å². The van der Waals surface area contributed by atoms with Crippen LogP contribution in [0.3, 0.4) is 0 Å². The molecule has 0 heterocycles. The fourth-order valence-electron chi connectivity index (χ4n) is 7.99. The summed E-state index contributed by atoms with van der Waals surface area (Å²) in [6.45, 7) is 5.50. The van der Waals surface area contributed by atoms with Crippen LogP contribution in [-0.4, -0.2) is 41.2 Å². The zero-order chi connectivity index (χ0) is 29.8. The number of hydrogen-bond donors (Lipinski definition) is 3. The molecule has 0 bridgehead atoms. The second-order valence-corrected chi connectivity index (χ2v) is 12.1. The Balaban J connectivity index is 1.54. The van der Waals surface area contributed by atoms with E-state index in [1.54, 1.807) is 24.3 Å². The topological polar surface area (TPSA) is 78.4 Å². The van der Waals surface area contributed by atoms with Gasteiger partial charge in [-0.2, -0.15) is 22.0 Å². The van der Waals surface area contributed by atoms with Gasteiger partial charge in [0.05, 0.1) is 0 Å². The molecular weight excluding hydrogens is 543 g/mol. The van der Waals surface area contributed by atoms with Gasteiger partial charge in [0.1, 0.15) is 5.60 Å². The number of ketones is 1. The molecular formula is C31H35F5N2O3. The van der Waals surface area contributed by atoms with Crippen LogP contribution in [0.2, 0.25) is 0 Å². The number of carbonyl (C=O) groups is 2. The van der Waals surface area contributed by atoms with Gasteiger partial charge in [0.2, 0.25) is 0 Å². The number of fused-ring (bicyclic) bond motifs is 4. The van der Waals surface area contributed by atoms with Crippen LogP contribution in [0.15, 0.2) is 59.7 Å². The summed E-state index contributed by atoms with van der Waals surface area (Å²) in [5.74, 6) is -6.55. The van der Waals surface area contributed by atoms with Gasteiger partial charge in [-0.1, -0.05) is 42.8 Å². The molecule has 1 aromatic rings. The molecule has 10 heteroatoms. The van der Waals surface area contributed by atoms with Crippen molar-refractivity contribution in [1.82, 2.24) is 10.6 Å². The highest BCUT2D eigenvalue weighted by molar-refractivity contribution is 5.93. The fourth-order valence-corrected chi connectivity index (χ4v) is 7.99. The predicted octanol–water partition coefficient (Wildman–Crippen LogP) is 6.50. The molecule has 0 radical (unpaired) electrons. The number of rotatable bonds is 6. The Labute approximate surface area is 236 Å². The highest BCUT2D eigenvalue weighted by Crippen LogP contribution is 2.70. The van der Waals surface area contributed by atoms with Crippen LogP contribution >= 0.6 is 0 Å². The Kier molecular flexibility index (Phi) is 7.45. The summed E-state index contributed by atoms with van der Waals surface area (Å²) in [7, 11) is 0. The molecule has 3 N–H and O–H groups in total. The SMILES string of the molecule is C=CCNC(=O)NCc1ccc([C@H]2C[C@@]3(C)C(CC[C@@]3(O)C(F)(F)C(F)(F)F)C3CCC4=CC(=O)CCC4=C32)cc1. The standard InChI is InChI=1S/C31H35F5N2O3/c1-3-14-37-27(40)38-17-18-4-6-19(7-5-18)24-16-28(2)25(12-13-29(28,41)30(32,33)31(34,35)36)23-10-8-20-15-21(39)9-11-22(20)26(23)24/h3-7,15,23-25,41H,1,8-14,16-17H2,2H3,(H2,37,38,40)/t23?,24-,25?,28+,29+/m1/s1. The maximum Gasteiger partial charge on any atom is 0.456 e. The van der Waals surface area contributed by atoms with Crippen molar-refractivity contribution in [3.8, 4) is 0 Å². The van der Waals surface area contributed by atoms with Crippen LogP contribution < -0.4 is 10.6 Å². The van der Waals surface area contributed by atoms with Gasteiger partial charge in [0, 0.05) is 30.8 Å². The molecule has 0 spiro atoms. The third kappa shape index (κ3) is 4.72. The minimum absolute atomic E-state index is 0.0361. The molecule has 0 saturated heterocycles. The highest BCUT2D eigenvalue weighted by atomic mass is 19.4. The average molecular weight is 579 g/mol. The lowest BCUT2D eigenvalue weighted by molar-refractivity contribution is -0.362. The molecule has 2 fully saturated rings. The summed E-state index contributed by atoms with van der Waals surface area (Å²) in [4.78, 5) is 24.1. The fraction of sp³-hybridized carbons (Fsp3) is 0.548. The first-order chi connectivity index (χ1) is 19.2. The van der Waals surface area contributed by atoms with E-state index in [-0.39, 0.29) is 37.1 Å². The Morgan fingerprint density at radius 1 is 1.10 bits per heavy atom. The summed E-state index contributed by atoms with van der Waals surface area (Å²) in [6, 6.07) is 6.87. The molecule has 5 nitrogen and oxygen atoms in total. The number of alkyl halides is 5. The Morgan fingerprint density at radius 2 is 1.80 bits per heavy atom. The third-order valence-corrected chi connectivity index (χ3v) is 10.0. The number of halogens is 5. The van der Waals surface area contributed by atoms with E-state index < -0.39 is 41.4 Å². The van der Waals surface area contributed by atoms with Crippen LogP contribution in [0.5, 0.6) is 0 Å². The van der Waals surface area contributed by atoms with Gasteiger partial charge < -0.3 is 15.7 Å². The zero-order valence-electron chi connectivity index (χ0n) is 22.9. The number of carbonyl (C=O) groups excluding carboxylic acids is 2. The molecule has 222 valence electrons. The van der Waals surface area contributed by atoms with Gasteiger partial charge in [-0.25, -0.2) is 4.79 Å². The second-order valence-electron chi connectivity index (χ2n) is 12.1. The van der Waals surface area contributed by atoms with Gasteiger partial charge in [-0.3, -0.25) is 4.79 Å². The second kappa shape index (κ2) is 10.4. The van der Waals surface area contributed by atoms with E-state index in [9.17, 15) is 27.9 Å². The quantitative estimate of drug-likeness (QED) is 0.266. The molecule has 2 saturated carbocycles. The lowest BCUT2D eigenvalue weighted by Gasteiger charge is -2.56. The number of nitrogens with one attached hydrogen (secondary N) is 2. The van der Waals surface area contributed by atoms with Crippen LogP contribution in [0.1, 0.15) is 68.9 Å². The number of hydrogen-bond acceptors (Lipinski definition) is 3. The minimum Gasteiger partial charge on any atom is -0.383 e. The van der Waals surface area contributed by atoms with Gasteiger partial charge in [-0.15, -0.1) is 6.58 Å². The molecule has 2 amide bonds. The first-order valence-electron chi connectivity index (χ1n) is 14.1. The van der Waals surface area contributed by atoms with Crippen molar-refractivity contribution in [2.45, 2.75) is 82.0 Å². The third-order valence-electron chi connectivity index (χ3n) is 10.0. The van der Waals surface area contributed by atoms with Crippen molar-refractivity contribution in [2.75, 3.05) is 6.54 Å². The van der Waals surface area contributed by atoms with E-state index in [0.29, 0.717) is 32.2 Å². The van der Waals surface area contributed by atoms with Crippen LogP contribution in [0, 0.1) is 17.3 Å². The summed E-state index contributed by atoms with van der Waals surface area (Å²) in [5, 5.41) is 16.7. The molecule has 41 heavy (non-hydrogen) atoms. The number of amides is 2. The number of urea groups is 1. The summed E-state index contributed by atoms with van der Waals surface area (Å²) < 4.78 is 71.4. The summed E-state index contributed by atoms with van der Waals surface area (Å²) in [6.07, 6.45) is -1.37. The summed E-state index contributed by atoms with van der Waals surface area (Å²) in [5.41, 5.74) is -0.423. The highest BCUT2D eigenvalue weighted by Gasteiger charge is 2.79. The van der Waals surface area contributed by atoms with Crippen LogP contribution in [-0.2, 0) is 11.3 Å². The van der Waals surface area contributed by atoms with Crippen molar-refractivity contribution < 1.29 is 36.6 Å². The van der Waals surface area contributed by atoms with Crippen molar-refractivity contribution in [2.24, 2.45) is 17.3 Å². The van der Waals surface area contributed by atoms with Crippen molar-refractivity contribution in [3.63, 3.8) is 0 Å². The average Bonchev–Trinajstić information content (AvgIpc) is 3.21. The molecule has 5 atom stereocenters. The molecule has 0 aromatic heterocycles. The normalized spacial score (nSPS) is 31.5. The van der Waals surface area contributed by atoms with E-state index in [0.717, 1.165) is 27.8 Å². The maximum absolute atomic E-state index is 15.1. The molecule has 4 aliphatic rings. The molecule has 0 aliphatic heterocycles. The Hall–Kier alpha value is -3.01. The van der Waals surface area contributed by atoms with Crippen molar-refractivity contribution >= 4 is 11.8 Å². The zero-order valence-corrected chi connectivity index (χ0v) is 22.9. The molecule has 1 aromatic carbocycles. The Morgan fingerprint density at radius 3 is 2.46 bits per heavy atom. The summed E-state index contributed by atoms with van der Waals surface area (Å²) >= 11 is 0. The lowest BCUT2D eigenvalue weighted by atomic mass is 9.50. The van der Waals surface area contributed by atoms with E-state index in [1.807, 2.05) is 12.1 Å². The van der Waals surface area contributed by atoms with Crippen molar-refractivity contribution in [1.29, 1.82) is 0 Å². The Bertz CT molecular complexity index is 1300. The smallest absolute Gasteiger partial charge is 0.383 e. The van der Waals surface area contributed by atoms with Crippen molar-refractivity contribution in [3.05, 3.63) is 70.8 Å². The molecule has 4 aliphatic carbocycles. The predicted molar refractivity (Wildman–Crippen MR) is 143 cm³/mol. The number of benzene rings is 1. The van der Waals surface area contributed by atoms with Crippen LogP contribution in [0.25, 0.3) is 0 Å². The van der Waals surface area contributed by atoms with E-state index in [4.69, 9.17) is 0 Å². The maximum atomic E-state index is 15.1. The van der Waals surface area contributed by atoms with Gasteiger partial charge >= 0.3 is 18.1 Å². The number of aliphatic hydroxyl groups is 1. The van der Waals surface area contributed by atoms with Crippen LogP contribution in [0.4, 0.5) is 26.7 Å². The largest absolute Gasteiger partial charge is 0.456 e. The minimum atomic E-state index is -5.88. The lowest BCUT2D eigenvalue weighted by Crippen LogP contribution is -2.65. The monoisotopic (exact) mass is 578 g/mol. The van der Waals surface area contributed by atoms with E-state index in [2.05, 4.69) is 17.2 Å². The van der Waals surface area contributed by atoms with E-state index in [1.165, 1.54) is 6.92 Å². The molecule has 2 unspecified atom stereocenters. The molecule has 5 rings (SSSR count). The van der Waals surface area contributed by atoms with Gasteiger partial charge in [-0.05, 0) is 78.7 Å². The van der Waals surface area contributed by atoms with Gasteiger partial charge in [0.15, 0.2) is 5.78 Å². The first kappa shape index (κ1) is 29.5. The number of allylic oxidation sites excluding steroid dienone is 4. The first-order valence-corrected chi connectivity index (χ1v) is 14.1.